The van der Waals surface area contributed by atoms with Gasteiger partial charge in [0.05, 0.1) is 29.0 Å². The molecule has 0 saturated heterocycles. The van der Waals surface area contributed by atoms with Gasteiger partial charge in [-0.1, -0.05) is 160 Å². The van der Waals surface area contributed by atoms with E-state index in [0.717, 1.165) is 34.1 Å². The molecule has 0 aromatic heterocycles. The Labute approximate surface area is 429 Å². The van der Waals surface area contributed by atoms with Crippen LogP contribution in [-0.2, 0) is 52.3 Å². The van der Waals surface area contributed by atoms with E-state index in [1.54, 1.807) is 12.1 Å². The normalized spacial score (nSPS) is 12.0. The van der Waals surface area contributed by atoms with Crippen molar-refractivity contribution in [2.75, 3.05) is 12.9 Å². The fourth-order valence-corrected chi connectivity index (χ4v) is 9.26. The summed E-state index contributed by atoms with van der Waals surface area (Å²) in [5.41, 5.74) is 3.52. The topological polar surface area (TPSA) is 153 Å². The van der Waals surface area contributed by atoms with Crippen LogP contribution < -0.4 is 23.4 Å². The van der Waals surface area contributed by atoms with Crippen LogP contribution in [0.1, 0.15) is 85.2 Å². The quantitative estimate of drug-likeness (QED) is 0.0370. The molecule has 1 N–H and O–H groups in total. The summed E-state index contributed by atoms with van der Waals surface area (Å²) >= 11 is 0. The molecule has 14 heteroatoms. The van der Waals surface area contributed by atoms with Crippen molar-refractivity contribution in [2.45, 2.75) is 77.8 Å². The number of rotatable bonds is 23. The highest BCUT2D eigenvalue weighted by atomic mass is 32.2. The molecule has 73 heavy (non-hydrogen) atoms. The van der Waals surface area contributed by atoms with E-state index in [1.807, 2.05) is 146 Å². The lowest BCUT2D eigenvalue weighted by Crippen LogP contribution is -2.43. The maximum atomic E-state index is 15.6. The van der Waals surface area contributed by atoms with Crippen molar-refractivity contribution in [3.8, 4) is 23.0 Å². The van der Waals surface area contributed by atoms with Gasteiger partial charge in [0.1, 0.15) is 61.6 Å². The van der Waals surface area contributed by atoms with Crippen LogP contribution >= 0.6 is 0 Å². The van der Waals surface area contributed by atoms with Gasteiger partial charge in [0.25, 0.3) is 0 Å². The standard InChI is InChI=1S/C59H61NO11SSi/c1-59(2,3)73(5,6)71-49-32-30-42(31-33-49)34-48(60-72(4,64)65)41-70-57(62)47-35-52(67-38-44-22-13-8-14-23-44)55(53(36-47)68-39-45-24-15-9-16-25-45)56(61)54-50(58(63)69-40-46-26-17-10-18-27-46)28-19-29-51(54)66-37-43-20-11-7-12-21-43/h7-33,35-36,48,60H,34,37-41H2,1-6H3. The third kappa shape index (κ3) is 15.2. The number of esters is 2. The Hall–Kier alpha value is -7.52. The Morgan fingerprint density at radius 1 is 0.534 bits per heavy atom. The summed E-state index contributed by atoms with van der Waals surface area (Å²) < 4.78 is 65.4. The minimum absolute atomic E-state index is 0.00932. The number of sulfonamides is 1. The van der Waals surface area contributed by atoms with E-state index in [4.69, 9.17) is 28.1 Å². The lowest BCUT2D eigenvalue weighted by atomic mass is 9.94. The highest BCUT2D eigenvalue weighted by molar-refractivity contribution is 7.88. The van der Waals surface area contributed by atoms with Crippen molar-refractivity contribution in [1.82, 2.24) is 4.72 Å². The number of benzene rings is 7. The second kappa shape index (κ2) is 24.3. The number of nitrogens with one attached hydrogen (secondary N) is 1. The van der Waals surface area contributed by atoms with Crippen molar-refractivity contribution in [3.05, 3.63) is 226 Å². The lowest BCUT2D eigenvalue weighted by Gasteiger charge is -2.36. The van der Waals surface area contributed by atoms with E-state index < -0.39 is 42.1 Å². The summed E-state index contributed by atoms with van der Waals surface area (Å²) in [6.07, 6.45) is 1.23. The SMILES string of the molecule is CC(C)(C)[Si](C)(C)Oc1ccc(CC(COC(=O)c2cc(OCc3ccccc3)c(C(=O)c3c(OCc4ccccc4)cccc3C(=O)OCc3ccccc3)c(OCc3ccccc3)c2)NS(C)(=O)=O)cc1. The predicted octanol–water partition coefficient (Wildman–Crippen LogP) is 11.7. The van der Waals surface area contributed by atoms with Gasteiger partial charge in [-0.2, -0.15) is 0 Å². The molecule has 0 radical (unpaired) electrons. The molecule has 7 aromatic rings. The molecule has 0 aliphatic heterocycles. The highest BCUT2D eigenvalue weighted by Crippen LogP contribution is 2.39. The molecule has 0 bridgehead atoms. The van der Waals surface area contributed by atoms with Crippen LogP contribution in [0.4, 0.5) is 0 Å². The minimum atomic E-state index is -3.76. The van der Waals surface area contributed by atoms with Crippen molar-refractivity contribution < 1.29 is 50.9 Å². The smallest absolute Gasteiger partial charge is 0.339 e. The summed E-state index contributed by atoms with van der Waals surface area (Å²) in [5.74, 6) is -1.63. The zero-order chi connectivity index (χ0) is 52.0. The largest absolute Gasteiger partial charge is 0.544 e. The third-order valence-corrected chi connectivity index (χ3v) is 17.4. The molecule has 7 rings (SSSR count). The zero-order valence-corrected chi connectivity index (χ0v) is 43.8. The average molecular weight is 1020 g/mol. The predicted molar refractivity (Wildman–Crippen MR) is 284 cm³/mol. The molecular weight excluding hydrogens is 959 g/mol. The Morgan fingerprint density at radius 2 is 1.00 bits per heavy atom. The third-order valence-electron chi connectivity index (χ3n) is 12.3. The molecule has 1 unspecified atom stereocenters. The first-order valence-corrected chi connectivity index (χ1v) is 28.7. The molecule has 1 atom stereocenters. The van der Waals surface area contributed by atoms with Gasteiger partial charge in [-0.05, 0) is 88.8 Å². The molecule has 0 aliphatic rings. The van der Waals surface area contributed by atoms with Crippen LogP contribution in [0.2, 0.25) is 18.1 Å². The monoisotopic (exact) mass is 1020 g/mol. The number of carbonyl (C=O) groups excluding carboxylic acids is 3. The first kappa shape index (κ1) is 53.3. The Morgan fingerprint density at radius 3 is 1.47 bits per heavy atom. The van der Waals surface area contributed by atoms with Crippen LogP contribution in [0.25, 0.3) is 0 Å². The summed E-state index contributed by atoms with van der Waals surface area (Å²) in [6.45, 7) is 10.4. The molecule has 12 nitrogen and oxygen atoms in total. The number of carbonyl (C=O) groups is 3. The van der Waals surface area contributed by atoms with E-state index in [0.29, 0.717) is 5.75 Å². The van der Waals surface area contributed by atoms with E-state index in [1.165, 1.54) is 18.2 Å². The number of ketones is 1. The maximum Gasteiger partial charge on any atom is 0.339 e. The van der Waals surface area contributed by atoms with Gasteiger partial charge in [-0.15, -0.1) is 0 Å². The van der Waals surface area contributed by atoms with Gasteiger partial charge < -0.3 is 28.1 Å². The molecule has 0 saturated carbocycles. The van der Waals surface area contributed by atoms with Gasteiger partial charge in [0, 0.05) is 0 Å². The van der Waals surface area contributed by atoms with Crippen molar-refractivity contribution in [2.24, 2.45) is 0 Å². The van der Waals surface area contributed by atoms with Crippen LogP contribution in [0, 0.1) is 0 Å². The van der Waals surface area contributed by atoms with Crippen LogP contribution in [-0.4, -0.2) is 53.4 Å². The second-order valence-electron chi connectivity index (χ2n) is 19.1. The summed E-state index contributed by atoms with van der Waals surface area (Å²) in [7, 11) is -5.87. The summed E-state index contributed by atoms with van der Waals surface area (Å²) in [4.78, 5) is 44.2. The molecule has 7 aromatic carbocycles. The van der Waals surface area contributed by atoms with Gasteiger partial charge in [0.2, 0.25) is 24.1 Å². The van der Waals surface area contributed by atoms with Gasteiger partial charge in [0.15, 0.2) is 0 Å². The van der Waals surface area contributed by atoms with Gasteiger partial charge in [-0.25, -0.2) is 22.7 Å². The lowest BCUT2D eigenvalue weighted by molar-refractivity contribution is 0.0464. The molecule has 0 fully saturated rings. The Kier molecular flexibility index (Phi) is 17.7. The molecule has 378 valence electrons. The fraction of sp³-hybridized carbons (Fsp3) is 0.237. The van der Waals surface area contributed by atoms with Crippen molar-refractivity contribution in [3.63, 3.8) is 0 Å². The molecule has 0 aliphatic carbocycles. The Balaban J connectivity index is 1.27. The van der Waals surface area contributed by atoms with E-state index in [9.17, 15) is 18.0 Å². The van der Waals surface area contributed by atoms with E-state index in [-0.39, 0.29) is 84.0 Å². The van der Waals surface area contributed by atoms with Crippen molar-refractivity contribution in [1.29, 1.82) is 0 Å². The first-order valence-electron chi connectivity index (χ1n) is 23.9. The van der Waals surface area contributed by atoms with Crippen LogP contribution in [0.3, 0.4) is 0 Å². The zero-order valence-electron chi connectivity index (χ0n) is 42.0. The molecule has 0 amide bonds. The maximum absolute atomic E-state index is 15.6. The number of hydrogen-bond donors (Lipinski definition) is 1. The van der Waals surface area contributed by atoms with Crippen molar-refractivity contribution >= 4 is 36.1 Å². The average Bonchev–Trinajstić information content (AvgIpc) is 3.38. The molecular formula is C59H61NO11SSi. The van der Waals surface area contributed by atoms with Gasteiger partial charge in [-0.3, -0.25) is 4.79 Å². The highest BCUT2D eigenvalue weighted by Gasteiger charge is 2.39. The van der Waals surface area contributed by atoms with E-state index in [2.05, 4.69) is 38.6 Å². The van der Waals surface area contributed by atoms with E-state index >= 15 is 4.79 Å². The van der Waals surface area contributed by atoms with Crippen LogP contribution in [0.5, 0.6) is 23.0 Å². The number of hydrogen-bond acceptors (Lipinski definition) is 11. The summed E-state index contributed by atoms with van der Waals surface area (Å²) in [6, 6.07) is 51.1. The van der Waals surface area contributed by atoms with Crippen LogP contribution in [0.15, 0.2) is 176 Å². The summed E-state index contributed by atoms with van der Waals surface area (Å²) in [5, 5.41) is -0.00932. The molecule has 0 heterocycles. The fourth-order valence-electron chi connectivity index (χ4n) is 7.47. The minimum Gasteiger partial charge on any atom is -0.544 e. The Bertz CT molecular complexity index is 3010. The van der Waals surface area contributed by atoms with Gasteiger partial charge >= 0.3 is 11.9 Å². The molecule has 0 spiro atoms. The number of ether oxygens (including phenoxy) is 5. The second-order valence-corrected chi connectivity index (χ2v) is 25.6. The first-order chi connectivity index (χ1) is 34.9.